The highest BCUT2D eigenvalue weighted by Gasteiger charge is 2.38. The van der Waals surface area contributed by atoms with Crippen molar-refractivity contribution in [3.63, 3.8) is 0 Å². The number of pyridine rings is 1. The summed E-state index contributed by atoms with van der Waals surface area (Å²) in [6.07, 6.45) is 1.88. The number of urea groups is 1. The third-order valence-corrected chi connectivity index (χ3v) is 5.38. The molecule has 0 saturated heterocycles. The topological polar surface area (TPSA) is 54.0 Å². The Morgan fingerprint density at radius 1 is 0.906 bits per heavy atom. The average Bonchev–Trinajstić information content (AvgIpc) is 2.80. The molecule has 2 amide bonds. The van der Waals surface area contributed by atoms with Crippen molar-refractivity contribution in [3.05, 3.63) is 131 Å². The van der Waals surface area contributed by atoms with E-state index in [-0.39, 0.29) is 0 Å². The molecule has 1 heterocycles. The molecule has 2 N–H and O–H groups in total. The molecule has 0 aliphatic carbocycles. The van der Waals surface area contributed by atoms with Crippen molar-refractivity contribution in [2.24, 2.45) is 0 Å². The van der Waals surface area contributed by atoms with Gasteiger partial charge in [0.2, 0.25) is 0 Å². The smallest absolute Gasteiger partial charge is 0.320 e. The second-order valence-corrected chi connectivity index (χ2v) is 7.82. The number of nitrogens with one attached hydrogen (secondary N) is 2. The van der Waals surface area contributed by atoms with E-state index in [2.05, 4.69) is 15.6 Å². The molecule has 4 aromatic rings. The monoisotopic (exact) mass is 445 g/mol. The lowest BCUT2D eigenvalue weighted by Gasteiger charge is -2.35. The normalized spacial score (nSPS) is 12.6. The third kappa shape index (κ3) is 4.95. The molecule has 6 heteroatoms. The predicted molar refractivity (Wildman–Crippen MR) is 125 cm³/mol. The SMILES string of the molecule is O=C(Nc1ccccc1)NC(Cc1ccccc1)(c1cccc(F)c1)c1ccc(Cl)cn1. The Morgan fingerprint density at radius 3 is 2.28 bits per heavy atom. The fourth-order valence-corrected chi connectivity index (χ4v) is 3.79. The van der Waals surface area contributed by atoms with Gasteiger partial charge >= 0.3 is 6.03 Å². The van der Waals surface area contributed by atoms with E-state index in [0.717, 1.165) is 5.56 Å². The van der Waals surface area contributed by atoms with E-state index in [0.29, 0.717) is 28.4 Å². The molecular weight excluding hydrogens is 425 g/mol. The molecule has 1 aromatic heterocycles. The zero-order valence-electron chi connectivity index (χ0n) is 17.1. The zero-order valence-corrected chi connectivity index (χ0v) is 17.9. The minimum Gasteiger partial charge on any atom is -0.322 e. The number of halogens is 2. The average molecular weight is 446 g/mol. The van der Waals surface area contributed by atoms with E-state index >= 15 is 0 Å². The van der Waals surface area contributed by atoms with Crippen molar-refractivity contribution >= 4 is 23.3 Å². The van der Waals surface area contributed by atoms with E-state index < -0.39 is 17.4 Å². The maximum Gasteiger partial charge on any atom is 0.320 e. The van der Waals surface area contributed by atoms with Gasteiger partial charge in [-0.15, -0.1) is 0 Å². The number of benzene rings is 3. The van der Waals surface area contributed by atoms with Crippen molar-refractivity contribution < 1.29 is 9.18 Å². The van der Waals surface area contributed by atoms with E-state index in [4.69, 9.17) is 11.6 Å². The van der Waals surface area contributed by atoms with Gasteiger partial charge in [-0.25, -0.2) is 9.18 Å². The Balaban J connectivity index is 1.83. The first kappa shape index (κ1) is 21.5. The van der Waals surface area contributed by atoms with Crippen LogP contribution in [0, 0.1) is 5.82 Å². The van der Waals surface area contributed by atoms with Crippen LogP contribution in [0.4, 0.5) is 14.9 Å². The van der Waals surface area contributed by atoms with Crippen LogP contribution < -0.4 is 10.6 Å². The molecule has 0 aliphatic heterocycles. The van der Waals surface area contributed by atoms with E-state index in [1.807, 2.05) is 48.5 Å². The standard InChI is InChI=1S/C26H21ClFN3O/c27-21-14-15-24(29-18-21)26(17-19-8-3-1-4-9-19,20-10-7-11-22(28)16-20)31-25(32)30-23-12-5-2-6-13-23/h1-16,18H,17H2,(H2,30,31,32). The maximum absolute atomic E-state index is 14.3. The van der Waals surface area contributed by atoms with Crippen LogP contribution in [0.25, 0.3) is 0 Å². The van der Waals surface area contributed by atoms with Crippen LogP contribution in [0.2, 0.25) is 5.02 Å². The minimum absolute atomic E-state index is 0.355. The van der Waals surface area contributed by atoms with Gasteiger partial charge in [0.15, 0.2) is 0 Å². The van der Waals surface area contributed by atoms with Crippen molar-refractivity contribution in [2.45, 2.75) is 12.0 Å². The molecule has 1 atom stereocenters. The molecule has 160 valence electrons. The number of amides is 2. The first-order valence-corrected chi connectivity index (χ1v) is 10.5. The van der Waals surface area contributed by atoms with Crippen molar-refractivity contribution in [1.82, 2.24) is 10.3 Å². The zero-order chi connectivity index (χ0) is 22.4. The Bertz CT molecular complexity index is 1190. The summed E-state index contributed by atoms with van der Waals surface area (Å²) in [7, 11) is 0. The van der Waals surface area contributed by atoms with Crippen LogP contribution in [-0.4, -0.2) is 11.0 Å². The fraction of sp³-hybridized carbons (Fsp3) is 0.0769. The van der Waals surface area contributed by atoms with Crippen LogP contribution in [0.1, 0.15) is 16.8 Å². The molecule has 0 bridgehead atoms. The first-order valence-electron chi connectivity index (χ1n) is 10.1. The summed E-state index contributed by atoms with van der Waals surface area (Å²) in [5.41, 5.74) is 1.56. The molecule has 32 heavy (non-hydrogen) atoms. The molecular formula is C26H21ClFN3O. The second kappa shape index (κ2) is 9.62. The number of hydrogen-bond acceptors (Lipinski definition) is 2. The highest BCUT2D eigenvalue weighted by molar-refractivity contribution is 6.30. The molecule has 4 rings (SSSR count). The number of para-hydroxylation sites is 1. The minimum atomic E-state index is -1.15. The Morgan fingerprint density at radius 2 is 1.62 bits per heavy atom. The predicted octanol–water partition coefficient (Wildman–Crippen LogP) is 6.18. The molecule has 0 spiro atoms. The molecule has 4 nitrogen and oxygen atoms in total. The lowest BCUT2D eigenvalue weighted by molar-refractivity contribution is 0.241. The van der Waals surface area contributed by atoms with Gasteiger partial charge in [0.1, 0.15) is 11.4 Å². The number of rotatable bonds is 6. The molecule has 0 aliphatic rings. The molecule has 0 saturated carbocycles. The van der Waals surface area contributed by atoms with Gasteiger partial charge in [-0.2, -0.15) is 0 Å². The Labute approximate surface area is 191 Å². The van der Waals surface area contributed by atoms with Gasteiger partial charge in [-0.05, 0) is 47.5 Å². The van der Waals surface area contributed by atoms with Crippen LogP contribution in [0.5, 0.6) is 0 Å². The fourth-order valence-electron chi connectivity index (χ4n) is 3.68. The highest BCUT2D eigenvalue weighted by Crippen LogP contribution is 2.33. The van der Waals surface area contributed by atoms with Crippen molar-refractivity contribution in [2.75, 3.05) is 5.32 Å². The van der Waals surface area contributed by atoms with Gasteiger partial charge < -0.3 is 10.6 Å². The maximum atomic E-state index is 14.3. The lowest BCUT2D eigenvalue weighted by Crippen LogP contribution is -2.50. The lowest BCUT2D eigenvalue weighted by atomic mass is 9.80. The van der Waals surface area contributed by atoms with Crippen LogP contribution in [-0.2, 0) is 12.0 Å². The van der Waals surface area contributed by atoms with Gasteiger partial charge in [0, 0.05) is 18.3 Å². The largest absolute Gasteiger partial charge is 0.322 e. The summed E-state index contributed by atoms with van der Waals surface area (Å²) in [4.78, 5) is 17.7. The molecule has 3 aromatic carbocycles. The van der Waals surface area contributed by atoms with Crippen molar-refractivity contribution in [1.29, 1.82) is 0 Å². The number of aromatic nitrogens is 1. The molecule has 0 fully saturated rings. The first-order chi connectivity index (χ1) is 15.5. The van der Waals surface area contributed by atoms with Gasteiger partial charge in [0.05, 0.1) is 10.7 Å². The Kier molecular flexibility index (Phi) is 6.47. The number of hydrogen-bond donors (Lipinski definition) is 2. The van der Waals surface area contributed by atoms with E-state index in [9.17, 15) is 9.18 Å². The van der Waals surface area contributed by atoms with Crippen molar-refractivity contribution in [3.8, 4) is 0 Å². The summed E-state index contributed by atoms with van der Waals surface area (Å²) >= 11 is 6.08. The second-order valence-electron chi connectivity index (χ2n) is 7.38. The summed E-state index contributed by atoms with van der Waals surface area (Å²) in [5.74, 6) is -0.404. The number of anilines is 1. The number of carbonyl (C=O) groups excluding carboxylic acids is 1. The molecule has 0 radical (unpaired) electrons. The van der Waals surface area contributed by atoms with Gasteiger partial charge in [-0.3, -0.25) is 4.98 Å². The summed E-state index contributed by atoms with van der Waals surface area (Å²) in [6, 6.07) is 28.0. The van der Waals surface area contributed by atoms with Gasteiger partial charge in [-0.1, -0.05) is 72.3 Å². The summed E-state index contributed by atoms with van der Waals surface area (Å²) in [5, 5.41) is 6.40. The quantitative estimate of drug-likeness (QED) is 0.372. The Hall–Kier alpha value is -3.70. The van der Waals surface area contributed by atoms with E-state index in [1.165, 1.54) is 18.3 Å². The highest BCUT2D eigenvalue weighted by atomic mass is 35.5. The van der Waals surface area contributed by atoms with Crippen LogP contribution in [0.15, 0.2) is 103 Å². The van der Waals surface area contributed by atoms with E-state index in [1.54, 1.807) is 36.4 Å². The summed E-state index contributed by atoms with van der Waals surface area (Å²) < 4.78 is 14.3. The third-order valence-electron chi connectivity index (χ3n) is 5.15. The summed E-state index contributed by atoms with van der Waals surface area (Å²) in [6.45, 7) is 0. The van der Waals surface area contributed by atoms with Crippen LogP contribution in [0.3, 0.4) is 0 Å². The van der Waals surface area contributed by atoms with Gasteiger partial charge in [0.25, 0.3) is 0 Å². The number of carbonyl (C=O) groups is 1. The molecule has 1 unspecified atom stereocenters. The number of nitrogens with zero attached hydrogens (tertiary/aromatic N) is 1. The van der Waals surface area contributed by atoms with Crippen LogP contribution >= 0.6 is 11.6 Å².